The van der Waals surface area contributed by atoms with Crippen LogP contribution >= 0.6 is 23.2 Å². The van der Waals surface area contributed by atoms with E-state index in [1.165, 1.54) is 24.1 Å². The lowest BCUT2D eigenvalue weighted by molar-refractivity contribution is 0.0572. The van der Waals surface area contributed by atoms with Crippen molar-refractivity contribution < 1.29 is 19.7 Å². The lowest BCUT2D eigenvalue weighted by Crippen LogP contribution is -2.29. The van der Waals surface area contributed by atoms with Crippen molar-refractivity contribution in [3.05, 3.63) is 27.7 Å². The molecule has 1 aliphatic rings. The van der Waals surface area contributed by atoms with Crippen LogP contribution in [0, 0.1) is 0 Å². The van der Waals surface area contributed by atoms with Crippen LogP contribution in [-0.2, 0) is 0 Å². The molecule has 0 spiro atoms. The molecular weight excluding hydrogens is 293 g/mol. The minimum absolute atomic E-state index is 0.0846. The third-order valence-electron chi connectivity index (χ3n) is 3.00. The molecule has 0 saturated carbocycles. The topological polar surface area (TPSA) is 70.0 Å². The average Bonchev–Trinajstić information content (AvgIpc) is 2.68. The van der Waals surface area contributed by atoms with Gasteiger partial charge in [-0.2, -0.15) is 0 Å². The van der Waals surface area contributed by atoms with Crippen molar-refractivity contribution >= 4 is 29.1 Å². The number of aliphatic hydroxyl groups excluding tert-OH is 2. The monoisotopic (exact) mass is 305 g/mol. The molecule has 2 N–H and O–H groups in total. The van der Waals surface area contributed by atoms with Crippen LogP contribution < -0.4 is 4.74 Å². The third kappa shape index (κ3) is 2.79. The van der Waals surface area contributed by atoms with Crippen LogP contribution in [-0.4, -0.2) is 53.4 Å². The zero-order valence-electron chi connectivity index (χ0n) is 10.1. The summed E-state index contributed by atoms with van der Waals surface area (Å²) in [6.45, 7) is 0.169. The van der Waals surface area contributed by atoms with Gasteiger partial charge >= 0.3 is 0 Å². The van der Waals surface area contributed by atoms with Crippen molar-refractivity contribution in [2.75, 3.05) is 20.2 Å². The molecule has 2 atom stereocenters. The van der Waals surface area contributed by atoms with E-state index in [2.05, 4.69) is 0 Å². The molecule has 1 aromatic carbocycles. The van der Waals surface area contributed by atoms with Gasteiger partial charge in [0.15, 0.2) is 5.75 Å². The van der Waals surface area contributed by atoms with E-state index in [0.717, 1.165) is 0 Å². The predicted molar refractivity (Wildman–Crippen MR) is 70.9 cm³/mol. The summed E-state index contributed by atoms with van der Waals surface area (Å²) in [6.07, 6.45) is -1.85. The highest BCUT2D eigenvalue weighted by atomic mass is 35.5. The number of likely N-dealkylation sites (tertiary alicyclic amines) is 1. The van der Waals surface area contributed by atoms with Gasteiger partial charge < -0.3 is 19.8 Å². The number of carbonyl (C=O) groups excluding carboxylic acids is 1. The van der Waals surface area contributed by atoms with Gasteiger partial charge in [0.1, 0.15) is 0 Å². The van der Waals surface area contributed by atoms with Crippen LogP contribution in [0.2, 0.25) is 10.0 Å². The Kier molecular flexibility index (Phi) is 4.20. The SMILES string of the molecule is COc1c(Cl)cc(C(=O)N2CC(O)C(O)C2)cc1Cl. The second-order valence-electron chi connectivity index (χ2n) is 4.32. The molecule has 1 heterocycles. The van der Waals surface area contributed by atoms with Gasteiger partial charge in [-0.25, -0.2) is 0 Å². The molecule has 0 aliphatic carbocycles. The first-order valence-electron chi connectivity index (χ1n) is 5.62. The summed E-state index contributed by atoms with van der Waals surface area (Å²) in [7, 11) is 1.43. The van der Waals surface area contributed by atoms with Crippen LogP contribution in [0.15, 0.2) is 12.1 Å². The molecule has 19 heavy (non-hydrogen) atoms. The second kappa shape index (κ2) is 5.54. The van der Waals surface area contributed by atoms with E-state index in [1.807, 2.05) is 0 Å². The first-order valence-corrected chi connectivity index (χ1v) is 6.38. The number of methoxy groups -OCH3 is 1. The Morgan fingerprint density at radius 1 is 1.26 bits per heavy atom. The lowest BCUT2D eigenvalue weighted by atomic mass is 10.2. The summed E-state index contributed by atoms with van der Waals surface area (Å²) in [5, 5.41) is 19.3. The van der Waals surface area contributed by atoms with Crippen molar-refractivity contribution in [1.82, 2.24) is 4.90 Å². The standard InChI is InChI=1S/C12H13Cl2NO4/c1-19-11-7(13)2-6(3-8(11)14)12(18)15-4-9(16)10(17)5-15/h2-3,9-10,16-17H,4-5H2,1H3. The Labute approximate surface area is 120 Å². The molecule has 7 heteroatoms. The van der Waals surface area contributed by atoms with Gasteiger partial charge in [-0.15, -0.1) is 0 Å². The lowest BCUT2D eigenvalue weighted by Gasteiger charge is -2.16. The molecule has 1 amide bonds. The first kappa shape index (κ1) is 14.4. The number of β-amino-alcohol motifs (C(OH)–C–C–N with tert-alkyl or cyclic N) is 2. The quantitative estimate of drug-likeness (QED) is 0.861. The van der Waals surface area contributed by atoms with Crippen molar-refractivity contribution in [3.63, 3.8) is 0 Å². The molecule has 0 aromatic heterocycles. The molecule has 1 saturated heterocycles. The zero-order valence-corrected chi connectivity index (χ0v) is 11.6. The van der Waals surface area contributed by atoms with Gasteiger partial charge in [-0.05, 0) is 12.1 Å². The van der Waals surface area contributed by atoms with Crippen LogP contribution in [0.3, 0.4) is 0 Å². The molecule has 0 radical (unpaired) electrons. The molecule has 2 rings (SSSR count). The highest BCUT2D eigenvalue weighted by molar-refractivity contribution is 6.37. The number of aliphatic hydroxyl groups is 2. The minimum atomic E-state index is -0.923. The Morgan fingerprint density at radius 3 is 2.16 bits per heavy atom. The van der Waals surface area contributed by atoms with Crippen molar-refractivity contribution in [2.24, 2.45) is 0 Å². The van der Waals surface area contributed by atoms with Crippen LogP contribution in [0.25, 0.3) is 0 Å². The fourth-order valence-corrected chi connectivity index (χ4v) is 2.64. The maximum atomic E-state index is 12.2. The van der Waals surface area contributed by atoms with Gasteiger partial charge in [0.25, 0.3) is 5.91 Å². The second-order valence-corrected chi connectivity index (χ2v) is 5.13. The number of nitrogens with zero attached hydrogens (tertiary/aromatic N) is 1. The smallest absolute Gasteiger partial charge is 0.254 e. The van der Waals surface area contributed by atoms with Crippen molar-refractivity contribution in [1.29, 1.82) is 0 Å². The van der Waals surface area contributed by atoms with Gasteiger partial charge in [-0.3, -0.25) is 4.79 Å². The van der Waals surface area contributed by atoms with Gasteiger partial charge in [-0.1, -0.05) is 23.2 Å². The summed E-state index contributed by atoms with van der Waals surface area (Å²) in [4.78, 5) is 13.5. The number of hydrogen-bond donors (Lipinski definition) is 2. The van der Waals surface area contributed by atoms with Crippen LogP contribution in [0.1, 0.15) is 10.4 Å². The van der Waals surface area contributed by atoms with Crippen molar-refractivity contribution in [2.45, 2.75) is 12.2 Å². The fourth-order valence-electron chi connectivity index (χ4n) is 2.00. The highest BCUT2D eigenvalue weighted by Crippen LogP contribution is 2.34. The number of hydrogen-bond acceptors (Lipinski definition) is 4. The number of ether oxygens (including phenoxy) is 1. The maximum absolute atomic E-state index is 12.2. The molecule has 104 valence electrons. The van der Waals surface area contributed by atoms with E-state index >= 15 is 0 Å². The van der Waals surface area contributed by atoms with E-state index in [1.54, 1.807) is 0 Å². The molecule has 5 nitrogen and oxygen atoms in total. The molecular formula is C12H13Cl2NO4. The minimum Gasteiger partial charge on any atom is -0.494 e. The Hall–Kier alpha value is -1.01. The summed E-state index contributed by atoms with van der Waals surface area (Å²) in [6, 6.07) is 2.90. The van der Waals surface area contributed by atoms with Gasteiger partial charge in [0.05, 0.1) is 29.4 Å². The molecule has 1 aliphatic heterocycles. The molecule has 2 unspecified atom stereocenters. The number of halogens is 2. The van der Waals surface area contributed by atoms with E-state index in [4.69, 9.17) is 27.9 Å². The number of carbonyl (C=O) groups is 1. The first-order chi connectivity index (χ1) is 8.93. The van der Waals surface area contributed by atoms with E-state index in [0.29, 0.717) is 5.75 Å². The van der Waals surface area contributed by atoms with E-state index < -0.39 is 12.2 Å². The summed E-state index contributed by atoms with van der Waals surface area (Å²) in [5.74, 6) is -0.0385. The van der Waals surface area contributed by atoms with Crippen LogP contribution in [0.5, 0.6) is 5.75 Å². The third-order valence-corrected chi connectivity index (χ3v) is 3.56. The Balaban J connectivity index is 2.25. The zero-order chi connectivity index (χ0) is 14.2. The summed E-state index contributed by atoms with van der Waals surface area (Å²) >= 11 is 11.9. The maximum Gasteiger partial charge on any atom is 0.254 e. The predicted octanol–water partition coefficient (Wildman–Crippen LogP) is 1.18. The largest absolute Gasteiger partial charge is 0.494 e. The van der Waals surface area contributed by atoms with E-state index in [9.17, 15) is 15.0 Å². The highest BCUT2D eigenvalue weighted by Gasteiger charge is 2.33. The molecule has 0 bridgehead atoms. The summed E-state index contributed by atoms with van der Waals surface area (Å²) in [5.41, 5.74) is 0.289. The van der Waals surface area contributed by atoms with Crippen LogP contribution in [0.4, 0.5) is 0 Å². The Morgan fingerprint density at radius 2 is 1.74 bits per heavy atom. The number of benzene rings is 1. The molecule has 1 aromatic rings. The van der Waals surface area contributed by atoms with Gasteiger partial charge in [0.2, 0.25) is 0 Å². The Bertz CT molecular complexity index is 475. The number of rotatable bonds is 2. The molecule has 1 fully saturated rings. The van der Waals surface area contributed by atoms with Crippen molar-refractivity contribution in [3.8, 4) is 5.75 Å². The summed E-state index contributed by atoms with van der Waals surface area (Å²) < 4.78 is 5.00. The number of amides is 1. The normalized spacial score (nSPS) is 22.7. The van der Waals surface area contributed by atoms with E-state index in [-0.39, 0.29) is 34.6 Å². The average molecular weight is 306 g/mol. The fraction of sp³-hybridized carbons (Fsp3) is 0.417. The van der Waals surface area contributed by atoms with Gasteiger partial charge in [0, 0.05) is 18.7 Å².